The van der Waals surface area contributed by atoms with E-state index in [2.05, 4.69) is 21.8 Å². The molecule has 0 aromatic carbocycles. The summed E-state index contributed by atoms with van der Waals surface area (Å²) in [6.07, 6.45) is 2.67. The first kappa shape index (κ1) is 13.3. The highest BCUT2D eigenvalue weighted by Crippen LogP contribution is 2.14. The third-order valence-electron chi connectivity index (χ3n) is 3.52. The summed E-state index contributed by atoms with van der Waals surface area (Å²) in [7, 11) is 2.07. The minimum absolute atomic E-state index is 0.0797. The van der Waals surface area contributed by atoms with E-state index in [4.69, 9.17) is 0 Å². The maximum Gasteiger partial charge on any atom is 0.128 e. The maximum absolute atomic E-state index is 9.22. The van der Waals surface area contributed by atoms with E-state index in [1.165, 1.54) is 25.9 Å². The van der Waals surface area contributed by atoms with Crippen molar-refractivity contribution in [3.05, 3.63) is 23.4 Å². The number of aryl methyl sites for hydroxylation is 1. The van der Waals surface area contributed by atoms with Gasteiger partial charge in [-0.1, -0.05) is 0 Å². The fraction of sp³-hybridized carbons (Fsp3) is 0.643. The number of hydrogen-bond acceptors (Lipinski definition) is 4. The molecule has 1 aliphatic heterocycles. The van der Waals surface area contributed by atoms with Crippen molar-refractivity contribution in [3.8, 4) is 0 Å². The van der Waals surface area contributed by atoms with Crippen LogP contribution in [0.5, 0.6) is 0 Å². The lowest BCUT2D eigenvalue weighted by atomic mass is 10.2. The van der Waals surface area contributed by atoms with Gasteiger partial charge in [-0.25, -0.2) is 4.98 Å². The first-order chi connectivity index (χ1) is 8.69. The third kappa shape index (κ3) is 3.43. The molecule has 0 unspecified atom stereocenters. The Kier molecular flexibility index (Phi) is 4.55. The van der Waals surface area contributed by atoms with Crippen molar-refractivity contribution < 1.29 is 5.11 Å². The zero-order valence-corrected chi connectivity index (χ0v) is 11.4. The minimum atomic E-state index is 0.0797. The van der Waals surface area contributed by atoms with Crippen LogP contribution in [0, 0.1) is 6.92 Å². The van der Waals surface area contributed by atoms with E-state index >= 15 is 0 Å². The highest BCUT2D eigenvalue weighted by atomic mass is 16.3. The molecule has 1 aromatic heterocycles. The van der Waals surface area contributed by atoms with Crippen molar-refractivity contribution in [1.82, 2.24) is 9.88 Å². The summed E-state index contributed by atoms with van der Waals surface area (Å²) in [6, 6.07) is 3.90. The number of pyridine rings is 1. The molecule has 0 aliphatic carbocycles. The summed E-state index contributed by atoms with van der Waals surface area (Å²) in [6.45, 7) is 6.60. The lowest BCUT2D eigenvalue weighted by Crippen LogP contribution is -2.31. The number of hydrogen-bond donors (Lipinski definition) is 1. The summed E-state index contributed by atoms with van der Waals surface area (Å²) in [5, 5.41) is 9.22. The molecular weight excluding hydrogens is 226 g/mol. The quantitative estimate of drug-likeness (QED) is 0.856. The van der Waals surface area contributed by atoms with Crippen molar-refractivity contribution in [2.45, 2.75) is 26.4 Å². The molecule has 0 amide bonds. The second kappa shape index (κ2) is 6.16. The van der Waals surface area contributed by atoms with Gasteiger partial charge in [0.15, 0.2) is 0 Å². The molecule has 0 spiro atoms. The number of likely N-dealkylation sites (N-methyl/N-ethyl adjacent to an activating group) is 1. The Bertz CT molecular complexity index is 389. The van der Waals surface area contributed by atoms with Crippen LogP contribution in [0.1, 0.15) is 24.1 Å². The molecule has 0 radical (unpaired) electrons. The molecule has 1 aromatic rings. The average Bonchev–Trinajstić information content (AvgIpc) is 2.88. The Morgan fingerprint density at radius 3 is 2.72 bits per heavy atom. The van der Waals surface area contributed by atoms with Gasteiger partial charge in [-0.05, 0) is 50.6 Å². The van der Waals surface area contributed by atoms with Gasteiger partial charge >= 0.3 is 0 Å². The molecule has 1 aliphatic rings. The summed E-state index contributed by atoms with van der Waals surface area (Å²) >= 11 is 0. The molecule has 18 heavy (non-hydrogen) atoms. The van der Waals surface area contributed by atoms with Gasteiger partial charge in [-0.2, -0.15) is 0 Å². The SMILES string of the molecule is Cc1cc(CO)cc(N(C)CCN2CCCC2)n1. The second-order valence-electron chi connectivity index (χ2n) is 5.10. The van der Waals surface area contributed by atoms with Gasteiger partial charge in [-0.15, -0.1) is 0 Å². The molecule has 2 heterocycles. The van der Waals surface area contributed by atoms with Gasteiger partial charge in [0.05, 0.1) is 6.61 Å². The third-order valence-corrected chi connectivity index (χ3v) is 3.52. The van der Waals surface area contributed by atoms with E-state index in [1.807, 2.05) is 19.1 Å². The van der Waals surface area contributed by atoms with Crippen LogP contribution in [0.15, 0.2) is 12.1 Å². The Balaban J connectivity index is 1.94. The Morgan fingerprint density at radius 1 is 1.33 bits per heavy atom. The van der Waals surface area contributed by atoms with E-state index in [0.29, 0.717) is 0 Å². The fourth-order valence-corrected chi connectivity index (χ4v) is 2.42. The topological polar surface area (TPSA) is 39.6 Å². The molecule has 1 fully saturated rings. The zero-order valence-electron chi connectivity index (χ0n) is 11.4. The summed E-state index contributed by atoms with van der Waals surface area (Å²) in [5.41, 5.74) is 1.90. The van der Waals surface area contributed by atoms with Gasteiger partial charge in [0.2, 0.25) is 0 Å². The standard InChI is InChI=1S/C14H23N3O/c1-12-9-13(11-18)10-14(15-12)16(2)7-8-17-5-3-4-6-17/h9-10,18H,3-8,11H2,1-2H3. The highest BCUT2D eigenvalue weighted by molar-refractivity contribution is 5.41. The van der Waals surface area contributed by atoms with Crippen LogP contribution >= 0.6 is 0 Å². The van der Waals surface area contributed by atoms with E-state index in [9.17, 15) is 5.11 Å². The summed E-state index contributed by atoms with van der Waals surface area (Å²) in [4.78, 5) is 9.19. The molecule has 2 rings (SSSR count). The van der Waals surface area contributed by atoms with Crippen molar-refractivity contribution in [3.63, 3.8) is 0 Å². The van der Waals surface area contributed by atoms with Crippen molar-refractivity contribution >= 4 is 5.82 Å². The predicted octanol–water partition coefficient (Wildman–Crippen LogP) is 1.41. The van der Waals surface area contributed by atoms with Crippen LogP contribution in [0.3, 0.4) is 0 Å². The predicted molar refractivity (Wildman–Crippen MR) is 73.8 cm³/mol. The molecule has 0 atom stereocenters. The zero-order chi connectivity index (χ0) is 13.0. The van der Waals surface area contributed by atoms with E-state index < -0.39 is 0 Å². The number of nitrogens with zero attached hydrogens (tertiary/aromatic N) is 3. The Hall–Kier alpha value is -1.13. The lowest BCUT2D eigenvalue weighted by Gasteiger charge is -2.23. The van der Waals surface area contributed by atoms with Crippen LogP contribution in [0.4, 0.5) is 5.82 Å². The summed E-state index contributed by atoms with van der Waals surface area (Å²) in [5.74, 6) is 0.957. The van der Waals surface area contributed by atoms with Gasteiger partial charge < -0.3 is 14.9 Å². The number of rotatable bonds is 5. The molecule has 1 N–H and O–H groups in total. The van der Waals surface area contributed by atoms with E-state index in [-0.39, 0.29) is 6.61 Å². The number of likely N-dealkylation sites (tertiary alicyclic amines) is 1. The summed E-state index contributed by atoms with van der Waals surface area (Å²) < 4.78 is 0. The fourth-order valence-electron chi connectivity index (χ4n) is 2.42. The first-order valence-corrected chi connectivity index (χ1v) is 6.71. The molecule has 0 bridgehead atoms. The second-order valence-corrected chi connectivity index (χ2v) is 5.10. The number of aromatic nitrogens is 1. The number of aliphatic hydroxyl groups is 1. The van der Waals surface area contributed by atoms with Gasteiger partial charge in [0.25, 0.3) is 0 Å². The largest absolute Gasteiger partial charge is 0.392 e. The van der Waals surface area contributed by atoms with Crippen LogP contribution in [0.25, 0.3) is 0 Å². The van der Waals surface area contributed by atoms with Crippen LogP contribution in [0.2, 0.25) is 0 Å². The van der Waals surface area contributed by atoms with Crippen LogP contribution < -0.4 is 4.90 Å². The van der Waals surface area contributed by atoms with Gasteiger partial charge in [0.1, 0.15) is 5.82 Å². The average molecular weight is 249 g/mol. The molecule has 4 heteroatoms. The van der Waals surface area contributed by atoms with Gasteiger partial charge in [0, 0.05) is 25.8 Å². The van der Waals surface area contributed by atoms with Crippen molar-refractivity contribution in [2.24, 2.45) is 0 Å². The lowest BCUT2D eigenvalue weighted by molar-refractivity contribution is 0.281. The van der Waals surface area contributed by atoms with Crippen LogP contribution in [-0.4, -0.2) is 48.2 Å². The minimum Gasteiger partial charge on any atom is -0.392 e. The van der Waals surface area contributed by atoms with Gasteiger partial charge in [-0.3, -0.25) is 0 Å². The van der Waals surface area contributed by atoms with Crippen molar-refractivity contribution in [1.29, 1.82) is 0 Å². The van der Waals surface area contributed by atoms with Crippen LogP contribution in [-0.2, 0) is 6.61 Å². The Morgan fingerprint density at radius 2 is 2.06 bits per heavy atom. The van der Waals surface area contributed by atoms with E-state index in [0.717, 1.165) is 30.2 Å². The van der Waals surface area contributed by atoms with E-state index in [1.54, 1.807) is 0 Å². The monoisotopic (exact) mass is 249 g/mol. The molecular formula is C14H23N3O. The van der Waals surface area contributed by atoms with Crippen molar-refractivity contribution in [2.75, 3.05) is 38.1 Å². The maximum atomic E-state index is 9.22. The molecule has 1 saturated heterocycles. The molecule has 0 saturated carbocycles. The molecule has 100 valence electrons. The smallest absolute Gasteiger partial charge is 0.128 e. The number of aliphatic hydroxyl groups excluding tert-OH is 1. The normalized spacial score (nSPS) is 16.2. The Labute approximate surface area is 109 Å². The highest BCUT2D eigenvalue weighted by Gasteiger charge is 2.12. The molecule has 4 nitrogen and oxygen atoms in total. The first-order valence-electron chi connectivity index (χ1n) is 6.71. The number of anilines is 1.